The van der Waals surface area contributed by atoms with Crippen LogP contribution in [0, 0.1) is 11.8 Å². The number of hydrogen-bond acceptors (Lipinski definition) is 18. The molecule has 34 heteroatoms. The van der Waals surface area contributed by atoms with Gasteiger partial charge in [-0.05, 0) is 102 Å². The quantitative estimate of drug-likeness (QED) is 0.0127. The maximum absolute atomic E-state index is 14.5. The first-order chi connectivity index (χ1) is 41.9. The number of amides is 12. The second kappa shape index (κ2) is 37.0. The van der Waals surface area contributed by atoms with Gasteiger partial charge < -0.3 is 95.2 Å². The molecule has 89 heavy (non-hydrogen) atoms. The second-order valence-electron chi connectivity index (χ2n) is 22.9. The van der Waals surface area contributed by atoms with Gasteiger partial charge in [0.05, 0.1) is 18.5 Å². The van der Waals surface area contributed by atoms with Crippen LogP contribution in [0.1, 0.15) is 118 Å². The van der Waals surface area contributed by atoms with Crippen LogP contribution in [0.3, 0.4) is 0 Å². The Morgan fingerprint density at radius 3 is 1.71 bits per heavy atom. The van der Waals surface area contributed by atoms with Gasteiger partial charge >= 0.3 is 5.97 Å². The van der Waals surface area contributed by atoms with Gasteiger partial charge in [0.25, 0.3) is 0 Å². The van der Waals surface area contributed by atoms with E-state index in [1.54, 1.807) is 34.0 Å². The van der Waals surface area contributed by atoms with E-state index in [4.69, 9.17) is 17.2 Å². The fraction of sp³-hybridized carbons (Fsp3) is 0.691. The molecule has 0 unspecified atom stereocenters. The summed E-state index contributed by atoms with van der Waals surface area (Å²) in [4.78, 5) is 188. The van der Waals surface area contributed by atoms with Gasteiger partial charge in [0.15, 0.2) is 5.96 Å². The van der Waals surface area contributed by atoms with Gasteiger partial charge in [0.1, 0.15) is 66.5 Å². The van der Waals surface area contributed by atoms with Crippen molar-refractivity contribution in [2.75, 3.05) is 31.6 Å². The van der Waals surface area contributed by atoms with Crippen LogP contribution in [0.2, 0.25) is 0 Å². The molecule has 2 fully saturated rings. The number of aromatic nitrogens is 2. The van der Waals surface area contributed by atoms with Crippen molar-refractivity contribution in [2.24, 2.45) is 34.0 Å². The van der Waals surface area contributed by atoms with E-state index >= 15 is 0 Å². The molecule has 0 bridgehead atoms. The Morgan fingerprint density at radius 2 is 1.18 bits per heavy atom. The van der Waals surface area contributed by atoms with Crippen LogP contribution >= 0.6 is 11.8 Å². The Balaban J connectivity index is 1.84. The number of rotatable bonds is 38. The largest absolute Gasteiger partial charge is 0.480 e. The van der Waals surface area contributed by atoms with Gasteiger partial charge in [-0.3, -0.25) is 62.5 Å². The fourth-order valence-corrected chi connectivity index (χ4v) is 10.5. The summed E-state index contributed by atoms with van der Waals surface area (Å²) in [6.07, 6.45) is 1.88. The van der Waals surface area contributed by atoms with Crippen molar-refractivity contribution in [1.82, 2.24) is 67.6 Å². The number of aromatic amines is 1. The summed E-state index contributed by atoms with van der Waals surface area (Å²) in [6.45, 7) is 10.4. The number of nitrogens with two attached hydrogens (primary N) is 3. The van der Waals surface area contributed by atoms with Crippen molar-refractivity contribution in [2.45, 2.75) is 198 Å². The molecule has 19 N–H and O–H groups in total. The molecule has 2 saturated heterocycles. The Bertz CT molecular complexity index is 2640. The molecule has 0 saturated carbocycles. The number of imidazole rings is 1. The third kappa shape index (κ3) is 24.1. The molecule has 3 heterocycles. The summed E-state index contributed by atoms with van der Waals surface area (Å²) >= 11 is 1.43. The SMILES string of the molecule is CSCC[C@H](NC=O)C(=O)N[C@@H](C)C(=O)N[C@H](C(=O)N[C@H](C(=O)N[C@@H](CC(C)C)C(=O)N1CCC[C@H]1C(=O)N[C@H](C(=O)N[C@@H](CCC(N)=O)C(=O)N[C@@H](CCCN=C(N)N)C(=O)N[C@@H](Cc1cnc[nH]1)C(=O)N1CCC[C@H]1C(=O)O)C(C)C)[C@@H](C)O)[C@@H](C)O. The summed E-state index contributed by atoms with van der Waals surface area (Å²) in [5.74, 6) is -11.6. The number of carbonyl (C=O) groups is 13. The van der Waals surface area contributed by atoms with E-state index in [2.05, 4.69) is 62.8 Å². The topological polar surface area (TPSA) is 516 Å². The second-order valence-corrected chi connectivity index (χ2v) is 23.8. The van der Waals surface area contributed by atoms with Crippen molar-refractivity contribution in [3.05, 3.63) is 18.2 Å². The third-order valence-electron chi connectivity index (χ3n) is 14.8. The molecular weight excluding hydrogens is 1190 g/mol. The minimum absolute atomic E-state index is 0.00424. The zero-order chi connectivity index (χ0) is 66.8. The lowest BCUT2D eigenvalue weighted by Gasteiger charge is -2.32. The minimum atomic E-state index is -1.78. The van der Waals surface area contributed by atoms with Gasteiger partial charge in [-0.15, -0.1) is 0 Å². The number of aliphatic hydroxyl groups excluding tert-OH is 2. The Kier molecular flexibility index (Phi) is 31.2. The van der Waals surface area contributed by atoms with Crippen LogP contribution in [0.4, 0.5) is 0 Å². The van der Waals surface area contributed by atoms with Gasteiger partial charge in [-0.25, -0.2) is 9.78 Å². The van der Waals surface area contributed by atoms with Crippen LogP contribution in [-0.4, -0.2) is 229 Å². The number of hydrogen-bond donors (Lipinski definition) is 16. The number of carboxylic acids is 1. The van der Waals surface area contributed by atoms with E-state index in [0.29, 0.717) is 30.7 Å². The van der Waals surface area contributed by atoms with Crippen molar-refractivity contribution in [3.63, 3.8) is 0 Å². The predicted octanol–water partition coefficient (Wildman–Crippen LogP) is -5.43. The molecule has 0 radical (unpaired) electrons. The van der Waals surface area contributed by atoms with Crippen LogP contribution in [0.5, 0.6) is 0 Å². The lowest BCUT2D eigenvalue weighted by Crippen LogP contribution is -2.63. The van der Waals surface area contributed by atoms with Crippen LogP contribution in [0.15, 0.2) is 17.5 Å². The predicted molar refractivity (Wildman–Crippen MR) is 322 cm³/mol. The maximum Gasteiger partial charge on any atom is 0.326 e. The number of H-pyrrole nitrogens is 1. The molecule has 12 amide bonds. The molecule has 0 spiro atoms. The van der Waals surface area contributed by atoms with E-state index < -0.39 is 168 Å². The standard InChI is InChI=1S/C55H91N17O16S/c1-27(2)22-36(67-50(83)42(30(6)74)70-51(84)43(31(7)75)69-44(77)29(5)63-45(78)33(62-26-73)17-21-89-8)52(85)71-19-10-13-38(71)48(81)68-41(28(3)4)49(82)65-35(15-16-40(56)76)47(80)64-34(12-9-18-60-55(57)58)46(79)66-37(23-32-24-59-25-61-32)53(86)72-20-11-14-39(72)54(87)88/h24-31,33-39,41-43,74-75H,9-23H2,1-8H3,(H2,56,76)(H,59,61)(H,62,73)(H,63,78)(H,64,80)(H,65,82)(H,66,79)(H,67,83)(H,68,81)(H,69,77)(H,70,84)(H,87,88)(H4,57,58,60)/t29-,30+,31+,33-,34-,35-,36-,37-,38-,39-,41-,42-,43-/m0/s1. The Hall–Kier alpha value is -8.14. The number of carboxylic acid groups (broad SMARTS) is 1. The number of primary amides is 1. The van der Waals surface area contributed by atoms with Crippen LogP contribution < -0.4 is 65.1 Å². The molecule has 1 aromatic rings. The van der Waals surface area contributed by atoms with E-state index in [1.165, 1.54) is 50.0 Å². The zero-order valence-corrected chi connectivity index (χ0v) is 52.4. The average molecular weight is 1280 g/mol. The number of nitrogens with one attached hydrogen (secondary N) is 10. The maximum atomic E-state index is 14.5. The van der Waals surface area contributed by atoms with Gasteiger partial charge in [-0.2, -0.15) is 11.8 Å². The van der Waals surface area contributed by atoms with Crippen molar-refractivity contribution in [1.29, 1.82) is 0 Å². The lowest BCUT2D eigenvalue weighted by atomic mass is 10.00. The molecule has 0 aliphatic carbocycles. The first-order valence-electron chi connectivity index (χ1n) is 29.5. The number of aliphatic imine (C=N–C) groups is 1. The Morgan fingerprint density at radius 1 is 0.663 bits per heavy atom. The monoisotopic (exact) mass is 1280 g/mol. The van der Waals surface area contributed by atoms with Crippen molar-refractivity contribution < 1.29 is 77.6 Å². The van der Waals surface area contributed by atoms with Crippen LogP contribution in [-0.2, 0) is 68.7 Å². The smallest absolute Gasteiger partial charge is 0.326 e. The number of aliphatic carboxylic acids is 1. The van der Waals surface area contributed by atoms with Gasteiger partial charge in [0.2, 0.25) is 71.4 Å². The molecule has 2 aliphatic rings. The minimum Gasteiger partial charge on any atom is -0.480 e. The van der Waals surface area contributed by atoms with Crippen molar-refractivity contribution >= 4 is 95.1 Å². The van der Waals surface area contributed by atoms with E-state index in [0.717, 1.165) is 4.90 Å². The van der Waals surface area contributed by atoms with E-state index in [9.17, 15) is 77.6 Å². The molecular formula is C55H91N17O16S. The summed E-state index contributed by atoms with van der Waals surface area (Å²) in [5, 5.41) is 53.8. The first kappa shape index (κ1) is 75.1. The average Bonchev–Trinajstić information content (AvgIpc) is 2.32. The van der Waals surface area contributed by atoms with E-state index in [-0.39, 0.29) is 76.5 Å². The first-order valence-corrected chi connectivity index (χ1v) is 30.9. The molecule has 1 aromatic heterocycles. The number of guanidine groups is 1. The normalized spacial score (nSPS) is 18.4. The molecule has 498 valence electrons. The summed E-state index contributed by atoms with van der Waals surface area (Å²) in [6, 6.07) is -15.3. The van der Waals surface area contributed by atoms with Gasteiger partial charge in [-0.1, -0.05) is 27.7 Å². The molecule has 33 nitrogen and oxygen atoms in total. The van der Waals surface area contributed by atoms with Crippen LogP contribution in [0.25, 0.3) is 0 Å². The summed E-state index contributed by atoms with van der Waals surface area (Å²) < 4.78 is 0. The number of likely N-dealkylation sites (tertiary alicyclic amines) is 2. The van der Waals surface area contributed by atoms with Crippen molar-refractivity contribution in [3.8, 4) is 0 Å². The number of thioether (sulfide) groups is 1. The lowest BCUT2D eigenvalue weighted by molar-refractivity contribution is -0.149. The number of carbonyl (C=O) groups excluding carboxylic acids is 12. The summed E-state index contributed by atoms with van der Waals surface area (Å²) in [5.41, 5.74) is 16.9. The fourth-order valence-electron chi connectivity index (χ4n) is 10.00. The van der Waals surface area contributed by atoms with E-state index in [1.807, 2.05) is 0 Å². The highest BCUT2D eigenvalue weighted by Crippen LogP contribution is 2.23. The number of nitrogens with zero attached hydrogens (tertiary/aromatic N) is 4. The highest BCUT2D eigenvalue weighted by Gasteiger charge is 2.43. The summed E-state index contributed by atoms with van der Waals surface area (Å²) in [7, 11) is 0. The molecule has 3 rings (SSSR count). The molecule has 13 atom stereocenters. The molecule has 0 aromatic carbocycles. The third-order valence-corrected chi connectivity index (χ3v) is 15.4. The Labute approximate surface area is 520 Å². The van der Waals surface area contributed by atoms with Gasteiger partial charge in [0, 0.05) is 44.4 Å². The number of aliphatic hydroxyl groups is 2. The highest BCUT2D eigenvalue weighted by molar-refractivity contribution is 7.98. The molecule has 2 aliphatic heterocycles. The zero-order valence-electron chi connectivity index (χ0n) is 51.6. The highest BCUT2D eigenvalue weighted by atomic mass is 32.2.